The molecule has 0 saturated heterocycles. The normalized spacial score (nSPS) is 10.9. The predicted molar refractivity (Wildman–Crippen MR) is 63.7 cm³/mol. The Morgan fingerprint density at radius 2 is 1.93 bits per heavy atom. The van der Waals surface area contributed by atoms with E-state index in [1.54, 1.807) is 7.11 Å². The highest BCUT2D eigenvalue weighted by Gasteiger charge is 2.02. The SMILES string of the molecule is CCN(CCOC)Cc1ccc(N)cc1. The van der Waals surface area contributed by atoms with Crippen LogP contribution in [0.1, 0.15) is 12.5 Å². The molecule has 1 rings (SSSR count). The summed E-state index contributed by atoms with van der Waals surface area (Å²) in [7, 11) is 1.73. The Morgan fingerprint density at radius 3 is 2.47 bits per heavy atom. The molecule has 15 heavy (non-hydrogen) atoms. The average molecular weight is 208 g/mol. The Kier molecular flexibility index (Phi) is 5.15. The van der Waals surface area contributed by atoms with Crippen LogP contribution in [0.3, 0.4) is 0 Å². The van der Waals surface area contributed by atoms with Gasteiger partial charge in [0.1, 0.15) is 0 Å². The topological polar surface area (TPSA) is 38.5 Å². The highest BCUT2D eigenvalue weighted by molar-refractivity contribution is 5.39. The molecule has 0 atom stereocenters. The monoisotopic (exact) mass is 208 g/mol. The van der Waals surface area contributed by atoms with Gasteiger partial charge in [0.15, 0.2) is 0 Å². The number of hydrogen-bond donors (Lipinski definition) is 1. The van der Waals surface area contributed by atoms with Crippen molar-refractivity contribution in [2.45, 2.75) is 13.5 Å². The minimum Gasteiger partial charge on any atom is -0.399 e. The lowest BCUT2D eigenvalue weighted by atomic mass is 10.2. The highest BCUT2D eigenvalue weighted by atomic mass is 16.5. The van der Waals surface area contributed by atoms with Crippen LogP contribution in [0.25, 0.3) is 0 Å². The molecule has 84 valence electrons. The van der Waals surface area contributed by atoms with Gasteiger partial charge in [-0.25, -0.2) is 0 Å². The number of hydrogen-bond acceptors (Lipinski definition) is 3. The molecule has 0 unspecified atom stereocenters. The molecule has 0 aromatic heterocycles. The zero-order chi connectivity index (χ0) is 11.1. The Balaban J connectivity index is 2.47. The highest BCUT2D eigenvalue weighted by Crippen LogP contribution is 2.08. The number of benzene rings is 1. The third-order valence-electron chi connectivity index (χ3n) is 2.44. The van der Waals surface area contributed by atoms with Crippen LogP contribution in [0.5, 0.6) is 0 Å². The van der Waals surface area contributed by atoms with Crippen LogP contribution < -0.4 is 5.73 Å². The van der Waals surface area contributed by atoms with Gasteiger partial charge in [0, 0.05) is 25.9 Å². The summed E-state index contributed by atoms with van der Waals surface area (Å²) in [5, 5.41) is 0. The van der Waals surface area contributed by atoms with Gasteiger partial charge in [-0.05, 0) is 24.2 Å². The van der Waals surface area contributed by atoms with Gasteiger partial charge in [-0.15, -0.1) is 0 Å². The van der Waals surface area contributed by atoms with E-state index in [1.807, 2.05) is 12.1 Å². The van der Waals surface area contributed by atoms with Crippen LogP contribution in [-0.4, -0.2) is 31.7 Å². The van der Waals surface area contributed by atoms with Gasteiger partial charge in [0.25, 0.3) is 0 Å². The molecule has 0 aliphatic rings. The molecule has 1 aromatic rings. The lowest BCUT2D eigenvalue weighted by molar-refractivity contribution is 0.147. The van der Waals surface area contributed by atoms with E-state index in [0.29, 0.717) is 0 Å². The lowest BCUT2D eigenvalue weighted by Gasteiger charge is -2.19. The van der Waals surface area contributed by atoms with Gasteiger partial charge in [0.05, 0.1) is 6.61 Å². The second-order valence-corrected chi connectivity index (χ2v) is 3.60. The minimum absolute atomic E-state index is 0.781. The third-order valence-corrected chi connectivity index (χ3v) is 2.44. The zero-order valence-corrected chi connectivity index (χ0v) is 9.57. The molecule has 0 aliphatic carbocycles. The van der Waals surface area contributed by atoms with Crippen molar-refractivity contribution in [3.05, 3.63) is 29.8 Å². The summed E-state index contributed by atoms with van der Waals surface area (Å²) in [4.78, 5) is 2.34. The van der Waals surface area contributed by atoms with E-state index in [9.17, 15) is 0 Å². The van der Waals surface area contributed by atoms with Crippen molar-refractivity contribution in [3.63, 3.8) is 0 Å². The Labute approximate surface area is 91.8 Å². The average Bonchev–Trinajstić information content (AvgIpc) is 2.27. The summed E-state index contributed by atoms with van der Waals surface area (Å²) in [5.41, 5.74) is 7.75. The van der Waals surface area contributed by atoms with Crippen LogP contribution >= 0.6 is 0 Å². The second-order valence-electron chi connectivity index (χ2n) is 3.60. The van der Waals surface area contributed by atoms with E-state index in [4.69, 9.17) is 10.5 Å². The fourth-order valence-corrected chi connectivity index (χ4v) is 1.45. The molecule has 0 amide bonds. The van der Waals surface area contributed by atoms with E-state index < -0.39 is 0 Å². The summed E-state index contributed by atoms with van der Waals surface area (Å²) >= 11 is 0. The maximum absolute atomic E-state index is 5.64. The van der Waals surface area contributed by atoms with Crippen molar-refractivity contribution >= 4 is 5.69 Å². The number of ether oxygens (including phenoxy) is 1. The Hall–Kier alpha value is -1.06. The summed E-state index contributed by atoms with van der Waals surface area (Å²) in [5.74, 6) is 0. The molecule has 0 heterocycles. The maximum atomic E-state index is 5.64. The first-order valence-corrected chi connectivity index (χ1v) is 5.32. The van der Waals surface area contributed by atoms with Gasteiger partial charge in [-0.1, -0.05) is 19.1 Å². The lowest BCUT2D eigenvalue weighted by Crippen LogP contribution is -2.26. The number of rotatable bonds is 6. The van der Waals surface area contributed by atoms with Crippen molar-refractivity contribution < 1.29 is 4.74 Å². The minimum atomic E-state index is 0.781. The van der Waals surface area contributed by atoms with Crippen LogP contribution in [0.15, 0.2) is 24.3 Å². The molecule has 0 aliphatic heterocycles. The van der Waals surface area contributed by atoms with Crippen molar-refractivity contribution in [1.82, 2.24) is 4.90 Å². The molecule has 0 fully saturated rings. The number of nitrogens with zero attached hydrogens (tertiary/aromatic N) is 1. The molecule has 1 aromatic carbocycles. The van der Waals surface area contributed by atoms with Gasteiger partial charge < -0.3 is 10.5 Å². The van der Waals surface area contributed by atoms with Crippen LogP contribution in [0, 0.1) is 0 Å². The Morgan fingerprint density at radius 1 is 1.27 bits per heavy atom. The fourth-order valence-electron chi connectivity index (χ4n) is 1.45. The van der Waals surface area contributed by atoms with Gasteiger partial charge in [0.2, 0.25) is 0 Å². The van der Waals surface area contributed by atoms with Gasteiger partial charge in [-0.3, -0.25) is 4.90 Å². The first-order valence-electron chi connectivity index (χ1n) is 5.32. The second kappa shape index (κ2) is 6.43. The number of nitrogens with two attached hydrogens (primary N) is 1. The number of methoxy groups -OCH3 is 1. The standard InChI is InChI=1S/C12H20N2O/c1-3-14(8-9-15-2)10-11-4-6-12(13)7-5-11/h4-7H,3,8-10,13H2,1-2H3. The molecule has 0 saturated carbocycles. The number of likely N-dealkylation sites (N-methyl/N-ethyl adjacent to an activating group) is 1. The molecule has 3 nitrogen and oxygen atoms in total. The fraction of sp³-hybridized carbons (Fsp3) is 0.500. The molecular weight excluding hydrogens is 188 g/mol. The van der Waals surface area contributed by atoms with Crippen LogP contribution in [0.4, 0.5) is 5.69 Å². The zero-order valence-electron chi connectivity index (χ0n) is 9.57. The molecule has 0 bridgehead atoms. The molecule has 0 spiro atoms. The first-order chi connectivity index (χ1) is 7.26. The summed E-state index contributed by atoms with van der Waals surface area (Å²) in [6, 6.07) is 8.04. The molecule has 3 heteroatoms. The largest absolute Gasteiger partial charge is 0.399 e. The van der Waals surface area contributed by atoms with Crippen molar-refractivity contribution in [2.75, 3.05) is 32.5 Å². The van der Waals surface area contributed by atoms with Crippen molar-refractivity contribution in [3.8, 4) is 0 Å². The van der Waals surface area contributed by atoms with Gasteiger partial charge in [-0.2, -0.15) is 0 Å². The van der Waals surface area contributed by atoms with Crippen LogP contribution in [0.2, 0.25) is 0 Å². The van der Waals surface area contributed by atoms with E-state index >= 15 is 0 Å². The summed E-state index contributed by atoms with van der Waals surface area (Å²) in [6.45, 7) is 5.90. The summed E-state index contributed by atoms with van der Waals surface area (Å²) < 4.78 is 5.07. The van der Waals surface area contributed by atoms with Crippen molar-refractivity contribution in [1.29, 1.82) is 0 Å². The Bertz CT molecular complexity index is 271. The first kappa shape index (κ1) is 12.0. The van der Waals surface area contributed by atoms with Crippen LogP contribution in [-0.2, 0) is 11.3 Å². The number of anilines is 1. The number of nitrogen functional groups attached to an aromatic ring is 1. The molecule has 0 radical (unpaired) electrons. The quantitative estimate of drug-likeness (QED) is 0.724. The van der Waals surface area contributed by atoms with Gasteiger partial charge >= 0.3 is 0 Å². The summed E-state index contributed by atoms with van der Waals surface area (Å²) in [6.07, 6.45) is 0. The third kappa shape index (κ3) is 4.32. The van der Waals surface area contributed by atoms with Crippen molar-refractivity contribution in [2.24, 2.45) is 0 Å². The van der Waals surface area contributed by atoms with E-state index in [2.05, 4.69) is 24.0 Å². The van der Waals surface area contributed by atoms with E-state index in [1.165, 1.54) is 5.56 Å². The maximum Gasteiger partial charge on any atom is 0.0589 e. The molecule has 2 N–H and O–H groups in total. The molecular formula is C12H20N2O. The smallest absolute Gasteiger partial charge is 0.0589 e. The van der Waals surface area contributed by atoms with E-state index in [-0.39, 0.29) is 0 Å². The predicted octanol–water partition coefficient (Wildman–Crippen LogP) is 1.74. The van der Waals surface area contributed by atoms with E-state index in [0.717, 1.165) is 31.9 Å².